The van der Waals surface area contributed by atoms with Gasteiger partial charge in [0.05, 0.1) is 0 Å². The molecule has 6 heteroatoms. The number of rotatable bonds is 62. The summed E-state index contributed by atoms with van der Waals surface area (Å²) in [5, 5.41) is 0. The minimum atomic E-state index is -0.774. The third kappa shape index (κ3) is 62.2. The van der Waals surface area contributed by atoms with Gasteiger partial charge in [-0.25, -0.2) is 0 Å². The molecule has 0 spiro atoms. The molecule has 0 fully saturated rings. The van der Waals surface area contributed by atoms with Crippen LogP contribution in [0.1, 0.15) is 361 Å². The first-order valence-electron chi connectivity index (χ1n) is 33.6. The van der Waals surface area contributed by atoms with E-state index in [0.717, 1.165) is 77.0 Å². The van der Waals surface area contributed by atoms with E-state index < -0.39 is 6.10 Å². The monoisotopic (exact) mass is 1060 g/mol. The molecule has 0 rings (SSSR count). The van der Waals surface area contributed by atoms with Crippen LogP contribution in [0.15, 0.2) is 48.6 Å². The van der Waals surface area contributed by atoms with Gasteiger partial charge in [-0.1, -0.05) is 307 Å². The maximum Gasteiger partial charge on any atom is 0.306 e. The largest absolute Gasteiger partial charge is 0.462 e. The topological polar surface area (TPSA) is 78.9 Å². The average Bonchev–Trinajstić information content (AvgIpc) is 3.42. The lowest BCUT2D eigenvalue weighted by molar-refractivity contribution is -0.167. The van der Waals surface area contributed by atoms with Crippen LogP contribution < -0.4 is 0 Å². The summed E-state index contributed by atoms with van der Waals surface area (Å²) < 4.78 is 16.9. The summed E-state index contributed by atoms with van der Waals surface area (Å²) in [7, 11) is 0. The first-order valence-corrected chi connectivity index (χ1v) is 33.6. The summed E-state index contributed by atoms with van der Waals surface area (Å²) in [5.41, 5.74) is 0. The summed E-state index contributed by atoms with van der Waals surface area (Å²) in [6, 6.07) is 0. The SMILES string of the molecule is CCCCCCC/C=C\C/C=C\C/C=C\CCCCCCCCCCCCCCCCCCC(=O)OCC(COC(=O)CCCCCCCCCCCCCC)OC(=O)CCCCCCC/C=C\CCCCCCCC. The Kier molecular flexibility index (Phi) is 62.6. The number of unbranched alkanes of at least 4 members (excludes halogenated alkanes) is 43. The number of esters is 3. The zero-order chi connectivity index (χ0) is 55.0. The van der Waals surface area contributed by atoms with Crippen molar-refractivity contribution in [3.05, 3.63) is 48.6 Å². The highest BCUT2D eigenvalue weighted by molar-refractivity contribution is 5.71. The molecule has 0 aromatic rings. The van der Waals surface area contributed by atoms with E-state index in [9.17, 15) is 14.4 Å². The third-order valence-electron chi connectivity index (χ3n) is 15.1. The van der Waals surface area contributed by atoms with Gasteiger partial charge in [0.2, 0.25) is 0 Å². The van der Waals surface area contributed by atoms with Crippen LogP contribution >= 0.6 is 0 Å². The van der Waals surface area contributed by atoms with Crippen molar-refractivity contribution in [3.63, 3.8) is 0 Å². The number of hydrogen-bond donors (Lipinski definition) is 0. The van der Waals surface area contributed by atoms with Crippen molar-refractivity contribution in [3.8, 4) is 0 Å². The third-order valence-corrected chi connectivity index (χ3v) is 15.1. The van der Waals surface area contributed by atoms with Crippen molar-refractivity contribution in [2.45, 2.75) is 367 Å². The van der Waals surface area contributed by atoms with E-state index >= 15 is 0 Å². The number of allylic oxidation sites excluding steroid dienone is 8. The van der Waals surface area contributed by atoms with Crippen LogP contribution in [0.2, 0.25) is 0 Å². The smallest absolute Gasteiger partial charge is 0.306 e. The van der Waals surface area contributed by atoms with E-state index in [1.54, 1.807) is 0 Å². The van der Waals surface area contributed by atoms with Crippen molar-refractivity contribution in [1.29, 1.82) is 0 Å². The lowest BCUT2D eigenvalue weighted by Gasteiger charge is -2.18. The van der Waals surface area contributed by atoms with Crippen molar-refractivity contribution < 1.29 is 28.6 Å². The summed E-state index contributed by atoms with van der Waals surface area (Å²) in [5.74, 6) is -0.859. The molecule has 0 aliphatic rings. The lowest BCUT2D eigenvalue weighted by Crippen LogP contribution is -2.30. The Morgan fingerprint density at radius 2 is 0.474 bits per heavy atom. The predicted molar refractivity (Wildman–Crippen MR) is 330 cm³/mol. The maximum absolute atomic E-state index is 12.9. The Bertz CT molecular complexity index is 1310. The van der Waals surface area contributed by atoms with Crippen LogP contribution in [0.4, 0.5) is 0 Å². The first kappa shape index (κ1) is 73.4. The average molecular weight is 1070 g/mol. The van der Waals surface area contributed by atoms with Crippen molar-refractivity contribution in [2.75, 3.05) is 13.2 Å². The minimum absolute atomic E-state index is 0.0714. The summed E-state index contributed by atoms with van der Waals surface area (Å²) in [6.07, 6.45) is 81.4. The second kappa shape index (κ2) is 64.9. The van der Waals surface area contributed by atoms with E-state index in [1.165, 1.54) is 244 Å². The molecule has 0 amide bonds. The van der Waals surface area contributed by atoms with Crippen LogP contribution in [0.25, 0.3) is 0 Å². The summed E-state index contributed by atoms with van der Waals surface area (Å²) >= 11 is 0. The van der Waals surface area contributed by atoms with Crippen LogP contribution in [-0.4, -0.2) is 37.2 Å². The first-order chi connectivity index (χ1) is 37.5. The fraction of sp³-hybridized carbons (Fsp3) is 0.843. The van der Waals surface area contributed by atoms with E-state index in [0.29, 0.717) is 19.3 Å². The van der Waals surface area contributed by atoms with Gasteiger partial charge in [0, 0.05) is 19.3 Å². The quantitative estimate of drug-likeness (QED) is 0.0261. The Morgan fingerprint density at radius 1 is 0.263 bits per heavy atom. The molecular weight excluding hydrogens is 937 g/mol. The fourth-order valence-corrected chi connectivity index (χ4v) is 9.98. The molecule has 0 saturated carbocycles. The lowest BCUT2D eigenvalue weighted by atomic mass is 10.0. The molecule has 0 saturated heterocycles. The Morgan fingerprint density at radius 3 is 0.750 bits per heavy atom. The van der Waals surface area contributed by atoms with Gasteiger partial charge in [-0.05, 0) is 83.5 Å². The Hall–Kier alpha value is -2.63. The molecule has 0 radical (unpaired) electrons. The standard InChI is InChI=1S/C70H128O6/c1-4-7-10-13-16-19-22-25-27-28-29-30-31-32-33-34-35-36-37-38-39-40-41-42-44-45-48-51-54-57-60-63-69(72)75-66-67(65-74-68(71)62-59-56-53-50-47-24-21-18-15-12-9-6-3)76-70(73)64-61-58-55-52-49-46-43-26-23-20-17-14-11-8-5-2/h22,25-26,28-29,31-32,43,67H,4-21,23-24,27,30,33-42,44-66H2,1-3H3/b25-22-,29-28-,32-31-,43-26-. The van der Waals surface area contributed by atoms with Gasteiger partial charge in [-0.3, -0.25) is 14.4 Å². The highest BCUT2D eigenvalue weighted by Gasteiger charge is 2.19. The Labute approximate surface area is 473 Å². The fourth-order valence-electron chi connectivity index (χ4n) is 9.98. The molecule has 0 aliphatic heterocycles. The number of ether oxygens (including phenoxy) is 3. The number of carbonyl (C=O) groups excluding carboxylic acids is 3. The van der Waals surface area contributed by atoms with Crippen molar-refractivity contribution in [1.82, 2.24) is 0 Å². The molecule has 0 heterocycles. The van der Waals surface area contributed by atoms with Crippen molar-refractivity contribution >= 4 is 17.9 Å². The van der Waals surface area contributed by atoms with Crippen LogP contribution in [0, 0.1) is 0 Å². The second-order valence-electron chi connectivity index (χ2n) is 22.7. The molecule has 0 aromatic heterocycles. The molecule has 0 N–H and O–H groups in total. The molecule has 76 heavy (non-hydrogen) atoms. The van der Waals surface area contributed by atoms with Gasteiger partial charge in [0.1, 0.15) is 13.2 Å². The highest BCUT2D eigenvalue weighted by Crippen LogP contribution is 2.17. The van der Waals surface area contributed by atoms with Gasteiger partial charge in [0.15, 0.2) is 6.10 Å². The van der Waals surface area contributed by atoms with E-state index in [4.69, 9.17) is 14.2 Å². The molecule has 6 nitrogen and oxygen atoms in total. The van der Waals surface area contributed by atoms with Gasteiger partial charge in [-0.2, -0.15) is 0 Å². The molecule has 1 atom stereocenters. The molecule has 1 unspecified atom stereocenters. The second-order valence-corrected chi connectivity index (χ2v) is 22.7. The summed E-state index contributed by atoms with van der Waals surface area (Å²) in [4.78, 5) is 38.3. The molecule has 444 valence electrons. The van der Waals surface area contributed by atoms with E-state index in [-0.39, 0.29) is 31.1 Å². The van der Waals surface area contributed by atoms with Crippen LogP contribution in [-0.2, 0) is 28.6 Å². The van der Waals surface area contributed by atoms with Gasteiger partial charge < -0.3 is 14.2 Å². The zero-order valence-corrected chi connectivity index (χ0v) is 51.0. The molecule has 0 aliphatic carbocycles. The molecular formula is C70H128O6. The summed E-state index contributed by atoms with van der Waals surface area (Å²) in [6.45, 7) is 6.66. The zero-order valence-electron chi connectivity index (χ0n) is 51.0. The normalized spacial score (nSPS) is 12.3. The maximum atomic E-state index is 12.9. The van der Waals surface area contributed by atoms with Crippen LogP contribution in [0.3, 0.4) is 0 Å². The number of hydrogen-bond acceptors (Lipinski definition) is 6. The highest BCUT2D eigenvalue weighted by atomic mass is 16.6. The van der Waals surface area contributed by atoms with Crippen molar-refractivity contribution in [2.24, 2.45) is 0 Å². The van der Waals surface area contributed by atoms with Gasteiger partial charge >= 0.3 is 17.9 Å². The minimum Gasteiger partial charge on any atom is -0.462 e. The van der Waals surface area contributed by atoms with Crippen LogP contribution in [0.5, 0.6) is 0 Å². The van der Waals surface area contributed by atoms with Gasteiger partial charge in [-0.15, -0.1) is 0 Å². The van der Waals surface area contributed by atoms with E-state index in [2.05, 4.69) is 69.4 Å². The predicted octanol–water partition coefficient (Wildman–Crippen LogP) is 22.9. The van der Waals surface area contributed by atoms with Gasteiger partial charge in [0.25, 0.3) is 0 Å². The number of carbonyl (C=O) groups is 3. The molecule has 0 bridgehead atoms. The van der Waals surface area contributed by atoms with E-state index in [1.807, 2.05) is 0 Å². The molecule has 0 aromatic carbocycles. The Balaban J connectivity index is 4.14.